The molecule has 0 aliphatic carbocycles. The molecular formula is C25H42O2. The molecular weight excluding hydrogens is 332 g/mol. The summed E-state index contributed by atoms with van der Waals surface area (Å²) in [6.45, 7) is 4.48. The van der Waals surface area contributed by atoms with Crippen LogP contribution >= 0.6 is 0 Å². The van der Waals surface area contributed by atoms with E-state index in [-0.39, 0.29) is 11.5 Å². The zero-order chi connectivity index (χ0) is 19.7. The van der Waals surface area contributed by atoms with E-state index in [1.807, 2.05) is 0 Å². The van der Waals surface area contributed by atoms with Gasteiger partial charge in [0.1, 0.15) is 11.5 Å². The lowest BCUT2D eigenvalue weighted by Gasteiger charge is -2.11. The van der Waals surface area contributed by atoms with Crippen LogP contribution in [0.25, 0.3) is 0 Å². The molecule has 0 saturated heterocycles. The fourth-order valence-corrected chi connectivity index (χ4v) is 3.58. The van der Waals surface area contributed by atoms with E-state index in [4.69, 9.17) is 0 Å². The van der Waals surface area contributed by atoms with Crippen LogP contribution in [0.1, 0.15) is 103 Å². The topological polar surface area (TPSA) is 40.5 Å². The van der Waals surface area contributed by atoms with Crippen LogP contribution in [0.5, 0.6) is 11.5 Å². The highest BCUT2D eigenvalue weighted by atomic mass is 16.3. The Kier molecular flexibility index (Phi) is 13.6. The van der Waals surface area contributed by atoms with Crippen LogP contribution in [-0.2, 0) is 6.42 Å². The summed E-state index contributed by atoms with van der Waals surface area (Å²) < 4.78 is 0. The first kappa shape index (κ1) is 23.6. The Morgan fingerprint density at radius 2 is 1.41 bits per heavy atom. The van der Waals surface area contributed by atoms with Gasteiger partial charge in [0.15, 0.2) is 0 Å². The molecule has 0 fully saturated rings. The molecule has 0 aromatic heterocycles. The van der Waals surface area contributed by atoms with E-state index in [0.717, 1.165) is 24.8 Å². The zero-order valence-electron chi connectivity index (χ0n) is 17.8. The molecule has 1 atom stereocenters. The smallest absolute Gasteiger partial charge is 0.119 e. The molecule has 0 aliphatic heterocycles. The molecule has 2 N–H and O–H groups in total. The van der Waals surface area contributed by atoms with E-state index < -0.39 is 0 Å². The molecule has 0 amide bonds. The van der Waals surface area contributed by atoms with Gasteiger partial charge in [-0.3, -0.25) is 0 Å². The first-order valence-electron chi connectivity index (χ1n) is 11.3. The zero-order valence-corrected chi connectivity index (χ0v) is 17.8. The predicted molar refractivity (Wildman–Crippen MR) is 117 cm³/mol. The molecule has 0 radical (unpaired) electrons. The van der Waals surface area contributed by atoms with Gasteiger partial charge in [-0.1, -0.05) is 83.8 Å². The van der Waals surface area contributed by atoms with Gasteiger partial charge in [0.2, 0.25) is 0 Å². The Morgan fingerprint density at radius 3 is 2.07 bits per heavy atom. The van der Waals surface area contributed by atoms with Crippen molar-refractivity contribution < 1.29 is 10.2 Å². The lowest BCUT2D eigenvalue weighted by atomic mass is 9.95. The van der Waals surface area contributed by atoms with Crippen LogP contribution in [0.2, 0.25) is 0 Å². The minimum Gasteiger partial charge on any atom is -0.508 e. The summed E-state index contributed by atoms with van der Waals surface area (Å²) in [5.74, 6) is 1.02. The number of benzene rings is 1. The van der Waals surface area contributed by atoms with Gasteiger partial charge in [-0.25, -0.2) is 0 Å². The highest BCUT2D eigenvalue weighted by Crippen LogP contribution is 2.26. The maximum Gasteiger partial charge on any atom is 0.119 e. The fraction of sp³-hybridized carbons (Fsp3) is 0.680. The first-order valence-corrected chi connectivity index (χ1v) is 11.3. The van der Waals surface area contributed by atoms with Gasteiger partial charge in [0.25, 0.3) is 0 Å². The highest BCUT2D eigenvalue weighted by molar-refractivity contribution is 5.38. The number of hydrogen-bond acceptors (Lipinski definition) is 2. The van der Waals surface area contributed by atoms with Crippen molar-refractivity contribution in [2.45, 2.75) is 104 Å². The number of aromatic hydroxyl groups is 2. The molecule has 0 heterocycles. The number of allylic oxidation sites excluding steroid dienone is 2. The van der Waals surface area contributed by atoms with E-state index in [2.05, 4.69) is 26.0 Å². The third-order valence-corrected chi connectivity index (χ3v) is 5.35. The summed E-state index contributed by atoms with van der Waals surface area (Å²) in [4.78, 5) is 0. The van der Waals surface area contributed by atoms with Crippen molar-refractivity contribution in [3.63, 3.8) is 0 Å². The summed E-state index contributed by atoms with van der Waals surface area (Å²) in [6.07, 6.45) is 22.8. The minimum atomic E-state index is 0.228. The van der Waals surface area contributed by atoms with Crippen molar-refractivity contribution >= 4 is 0 Å². The second-order valence-corrected chi connectivity index (χ2v) is 8.14. The SMILES string of the molecule is CCCCCCCCCCCCC=CCCC(C)Cc1cc(O)ccc1O. The normalized spacial score (nSPS) is 12.7. The van der Waals surface area contributed by atoms with Gasteiger partial charge in [0, 0.05) is 0 Å². The Balaban J connectivity index is 1.96. The molecule has 2 nitrogen and oxygen atoms in total. The third-order valence-electron chi connectivity index (χ3n) is 5.35. The van der Waals surface area contributed by atoms with Crippen LogP contribution in [0, 0.1) is 5.92 Å². The molecule has 0 aliphatic rings. The van der Waals surface area contributed by atoms with Crippen LogP contribution < -0.4 is 0 Å². The van der Waals surface area contributed by atoms with Gasteiger partial charge in [-0.2, -0.15) is 0 Å². The summed E-state index contributed by atoms with van der Waals surface area (Å²) >= 11 is 0. The number of unbranched alkanes of at least 4 members (excludes halogenated alkanes) is 10. The molecule has 1 aromatic carbocycles. The summed E-state index contributed by atoms with van der Waals surface area (Å²) in [7, 11) is 0. The predicted octanol–water partition coefficient (Wildman–Crippen LogP) is 7.92. The van der Waals surface area contributed by atoms with Gasteiger partial charge in [0.05, 0.1) is 0 Å². The van der Waals surface area contributed by atoms with Crippen LogP contribution in [0.4, 0.5) is 0 Å². The molecule has 2 heteroatoms. The maximum atomic E-state index is 9.85. The lowest BCUT2D eigenvalue weighted by Crippen LogP contribution is -1.99. The number of phenols is 2. The number of rotatable bonds is 16. The van der Waals surface area contributed by atoms with Gasteiger partial charge in [-0.05, 0) is 61.8 Å². The van der Waals surface area contributed by atoms with E-state index in [1.165, 1.54) is 76.7 Å². The van der Waals surface area contributed by atoms with E-state index >= 15 is 0 Å². The minimum absolute atomic E-state index is 0.228. The third kappa shape index (κ3) is 12.5. The number of phenolic OH excluding ortho intramolecular Hbond substituents is 2. The van der Waals surface area contributed by atoms with Crippen molar-refractivity contribution in [3.8, 4) is 11.5 Å². The van der Waals surface area contributed by atoms with Gasteiger partial charge >= 0.3 is 0 Å². The molecule has 0 saturated carbocycles. The van der Waals surface area contributed by atoms with Crippen molar-refractivity contribution in [3.05, 3.63) is 35.9 Å². The van der Waals surface area contributed by atoms with E-state index in [1.54, 1.807) is 12.1 Å². The van der Waals surface area contributed by atoms with Gasteiger partial charge in [-0.15, -0.1) is 0 Å². The second-order valence-electron chi connectivity index (χ2n) is 8.14. The Morgan fingerprint density at radius 1 is 0.815 bits per heavy atom. The molecule has 1 aromatic rings. The first-order chi connectivity index (χ1) is 13.1. The van der Waals surface area contributed by atoms with Crippen molar-refractivity contribution in [2.24, 2.45) is 5.92 Å². The van der Waals surface area contributed by atoms with E-state index in [0.29, 0.717) is 5.92 Å². The molecule has 1 rings (SSSR count). The fourth-order valence-electron chi connectivity index (χ4n) is 3.58. The lowest BCUT2D eigenvalue weighted by molar-refractivity contribution is 0.443. The Hall–Kier alpha value is -1.44. The van der Waals surface area contributed by atoms with Crippen LogP contribution in [0.15, 0.2) is 30.4 Å². The molecule has 0 bridgehead atoms. The Bertz CT molecular complexity index is 507. The molecule has 1 unspecified atom stereocenters. The van der Waals surface area contributed by atoms with Crippen molar-refractivity contribution in [1.29, 1.82) is 0 Å². The van der Waals surface area contributed by atoms with E-state index in [9.17, 15) is 10.2 Å². The average Bonchev–Trinajstić information content (AvgIpc) is 2.65. The van der Waals surface area contributed by atoms with Gasteiger partial charge < -0.3 is 10.2 Å². The second kappa shape index (κ2) is 15.6. The van der Waals surface area contributed by atoms with Crippen molar-refractivity contribution in [1.82, 2.24) is 0 Å². The average molecular weight is 375 g/mol. The quantitative estimate of drug-likeness (QED) is 0.175. The monoisotopic (exact) mass is 374 g/mol. The molecule has 27 heavy (non-hydrogen) atoms. The standard InChI is InChI=1S/C25H42O2/c1-3-4-5-6-7-8-9-10-11-12-13-14-15-16-17-22(2)20-23-21-24(26)18-19-25(23)27/h14-15,18-19,21-22,26-27H,3-13,16-17,20H2,1-2H3. The number of hydrogen-bond donors (Lipinski definition) is 2. The Labute approximate surface area is 167 Å². The van der Waals surface area contributed by atoms with Crippen LogP contribution in [0.3, 0.4) is 0 Å². The maximum absolute atomic E-state index is 9.85. The van der Waals surface area contributed by atoms with Crippen LogP contribution in [-0.4, -0.2) is 10.2 Å². The summed E-state index contributed by atoms with van der Waals surface area (Å²) in [5.41, 5.74) is 0.844. The summed E-state index contributed by atoms with van der Waals surface area (Å²) in [6, 6.07) is 4.77. The largest absolute Gasteiger partial charge is 0.508 e. The summed E-state index contributed by atoms with van der Waals surface area (Å²) in [5, 5.41) is 19.4. The molecule has 154 valence electrons. The highest BCUT2D eigenvalue weighted by Gasteiger charge is 2.07. The van der Waals surface area contributed by atoms with Crippen molar-refractivity contribution in [2.75, 3.05) is 0 Å². The molecule has 0 spiro atoms.